The van der Waals surface area contributed by atoms with Gasteiger partial charge in [0.15, 0.2) is 6.29 Å². The van der Waals surface area contributed by atoms with Crippen LogP contribution >= 0.6 is 0 Å². The molecule has 0 saturated carbocycles. The quantitative estimate of drug-likeness (QED) is 0.560. The van der Waals surface area contributed by atoms with Crippen LogP contribution < -0.4 is 0 Å². The number of aliphatic hydroxyl groups excluding tert-OH is 4. The van der Waals surface area contributed by atoms with Crippen molar-refractivity contribution in [1.82, 2.24) is 0 Å². The van der Waals surface area contributed by atoms with Crippen molar-refractivity contribution in [3.8, 4) is 0 Å². The average Bonchev–Trinajstić information content (AvgIpc) is 2.45. The summed E-state index contributed by atoms with van der Waals surface area (Å²) in [5.41, 5.74) is 0.888. The van der Waals surface area contributed by atoms with E-state index in [-0.39, 0.29) is 6.61 Å². The third-order valence-electron chi connectivity index (χ3n) is 3.11. The molecule has 0 radical (unpaired) electrons. The zero-order chi connectivity index (χ0) is 13.8. The van der Waals surface area contributed by atoms with Crippen LogP contribution in [0.25, 0.3) is 0 Å². The molecule has 19 heavy (non-hydrogen) atoms. The van der Waals surface area contributed by atoms with Gasteiger partial charge >= 0.3 is 0 Å². The molecule has 5 atom stereocenters. The summed E-state index contributed by atoms with van der Waals surface area (Å²) in [4.78, 5) is 0. The van der Waals surface area contributed by atoms with Gasteiger partial charge in [-0.2, -0.15) is 0 Å². The van der Waals surface area contributed by atoms with Gasteiger partial charge in [0.1, 0.15) is 24.4 Å². The van der Waals surface area contributed by atoms with E-state index < -0.39 is 37.3 Å². The lowest BCUT2D eigenvalue weighted by Crippen LogP contribution is -2.59. The summed E-state index contributed by atoms with van der Waals surface area (Å²) in [6, 6.07) is 9.28. The van der Waals surface area contributed by atoms with E-state index in [4.69, 9.17) is 14.6 Å². The fourth-order valence-corrected chi connectivity index (χ4v) is 1.96. The molecule has 6 nitrogen and oxygen atoms in total. The van der Waals surface area contributed by atoms with Gasteiger partial charge in [0, 0.05) is 0 Å². The maximum atomic E-state index is 9.76. The first-order valence-electron chi connectivity index (χ1n) is 6.09. The molecule has 1 heterocycles. The number of hydrogen-bond acceptors (Lipinski definition) is 6. The highest BCUT2D eigenvalue weighted by Gasteiger charge is 2.43. The summed E-state index contributed by atoms with van der Waals surface area (Å²) in [5.74, 6) is 0. The third-order valence-corrected chi connectivity index (χ3v) is 3.11. The van der Waals surface area contributed by atoms with E-state index in [1.165, 1.54) is 0 Å². The summed E-state index contributed by atoms with van der Waals surface area (Å²) < 4.78 is 10.6. The highest BCUT2D eigenvalue weighted by Crippen LogP contribution is 2.22. The van der Waals surface area contributed by atoms with Gasteiger partial charge in [0.05, 0.1) is 13.2 Å². The number of hydrogen-bond donors (Lipinski definition) is 4. The van der Waals surface area contributed by atoms with E-state index in [1.54, 1.807) is 0 Å². The largest absolute Gasteiger partial charge is 0.394 e. The molecule has 1 fully saturated rings. The Kier molecular flexibility index (Phi) is 4.87. The monoisotopic (exact) mass is 270 g/mol. The molecule has 106 valence electrons. The second-order valence-electron chi connectivity index (χ2n) is 4.49. The standard InChI is InChI=1S/C13H18O6/c14-6-9-10(15)11(16)12(17)13(19-9)18-7-8-4-2-1-3-5-8/h1-5,9-17H,6-7H2/t9?,10-,11?,12?,13+/m0/s1. The first-order chi connectivity index (χ1) is 9.13. The molecular weight excluding hydrogens is 252 g/mol. The van der Waals surface area contributed by atoms with Crippen LogP contribution in [0.5, 0.6) is 0 Å². The third kappa shape index (κ3) is 3.30. The Morgan fingerprint density at radius 1 is 1.00 bits per heavy atom. The molecule has 2 rings (SSSR count). The van der Waals surface area contributed by atoms with Gasteiger partial charge in [-0.3, -0.25) is 0 Å². The topological polar surface area (TPSA) is 99.4 Å². The van der Waals surface area contributed by atoms with E-state index in [0.29, 0.717) is 0 Å². The van der Waals surface area contributed by atoms with Gasteiger partial charge in [-0.1, -0.05) is 30.3 Å². The Bertz CT molecular complexity index is 382. The van der Waals surface area contributed by atoms with Crippen molar-refractivity contribution in [2.75, 3.05) is 6.61 Å². The first kappa shape index (κ1) is 14.4. The minimum absolute atomic E-state index is 0.198. The SMILES string of the molecule is OCC1O[C@@H](OCc2ccccc2)C(O)C(O)[C@H]1O. The Morgan fingerprint density at radius 3 is 2.32 bits per heavy atom. The van der Waals surface area contributed by atoms with Crippen molar-refractivity contribution in [3.63, 3.8) is 0 Å². The van der Waals surface area contributed by atoms with Crippen molar-refractivity contribution >= 4 is 0 Å². The molecule has 0 spiro atoms. The van der Waals surface area contributed by atoms with Crippen LogP contribution in [-0.2, 0) is 16.1 Å². The van der Waals surface area contributed by atoms with Crippen LogP contribution in [0.4, 0.5) is 0 Å². The molecule has 0 aromatic heterocycles. The van der Waals surface area contributed by atoms with Crippen LogP contribution in [0.2, 0.25) is 0 Å². The van der Waals surface area contributed by atoms with Crippen molar-refractivity contribution in [1.29, 1.82) is 0 Å². The maximum absolute atomic E-state index is 9.76. The summed E-state index contributed by atoms with van der Waals surface area (Å²) in [6.07, 6.45) is -6.17. The lowest BCUT2D eigenvalue weighted by molar-refractivity contribution is -0.304. The highest BCUT2D eigenvalue weighted by atomic mass is 16.7. The first-order valence-corrected chi connectivity index (χ1v) is 6.09. The van der Waals surface area contributed by atoms with Gasteiger partial charge in [0.2, 0.25) is 0 Å². The minimum Gasteiger partial charge on any atom is -0.394 e. The second-order valence-corrected chi connectivity index (χ2v) is 4.49. The molecule has 0 aliphatic carbocycles. The molecule has 3 unspecified atom stereocenters. The predicted octanol–water partition coefficient (Wildman–Crippen LogP) is -0.997. The molecule has 1 saturated heterocycles. The van der Waals surface area contributed by atoms with Crippen LogP contribution in [0.15, 0.2) is 30.3 Å². The Hall–Kier alpha value is -1.02. The Morgan fingerprint density at radius 2 is 1.68 bits per heavy atom. The molecule has 1 aliphatic heterocycles. The molecule has 1 aromatic carbocycles. The van der Waals surface area contributed by atoms with Crippen LogP contribution in [-0.4, -0.2) is 57.7 Å². The van der Waals surface area contributed by atoms with Crippen LogP contribution in [0.3, 0.4) is 0 Å². The highest BCUT2D eigenvalue weighted by molar-refractivity contribution is 5.13. The fraction of sp³-hybridized carbons (Fsp3) is 0.538. The smallest absolute Gasteiger partial charge is 0.187 e. The number of aliphatic hydroxyl groups is 4. The van der Waals surface area contributed by atoms with E-state index in [9.17, 15) is 15.3 Å². The normalized spacial score (nSPS) is 35.3. The zero-order valence-electron chi connectivity index (χ0n) is 10.3. The van der Waals surface area contributed by atoms with Crippen molar-refractivity contribution in [3.05, 3.63) is 35.9 Å². The van der Waals surface area contributed by atoms with Crippen molar-refractivity contribution in [2.24, 2.45) is 0 Å². The number of benzene rings is 1. The van der Waals surface area contributed by atoms with Gasteiger partial charge < -0.3 is 29.9 Å². The van der Waals surface area contributed by atoms with E-state index in [0.717, 1.165) is 5.56 Å². The molecule has 0 amide bonds. The Balaban J connectivity index is 1.95. The number of rotatable bonds is 4. The van der Waals surface area contributed by atoms with Gasteiger partial charge in [0.25, 0.3) is 0 Å². The van der Waals surface area contributed by atoms with E-state index in [1.807, 2.05) is 30.3 Å². The lowest BCUT2D eigenvalue weighted by Gasteiger charge is -2.39. The summed E-state index contributed by atoms with van der Waals surface area (Å²) in [5, 5.41) is 38.0. The lowest BCUT2D eigenvalue weighted by atomic mass is 9.99. The van der Waals surface area contributed by atoms with E-state index >= 15 is 0 Å². The zero-order valence-corrected chi connectivity index (χ0v) is 10.3. The molecule has 1 aromatic rings. The predicted molar refractivity (Wildman–Crippen MR) is 65.0 cm³/mol. The molecule has 0 bridgehead atoms. The number of ether oxygens (including phenoxy) is 2. The van der Waals surface area contributed by atoms with Crippen LogP contribution in [0, 0.1) is 0 Å². The minimum atomic E-state index is -1.41. The Labute approximate surface area is 110 Å². The fourth-order valence-electron chi connectivity index (χ4n) is 1.96. The molecule has 6 heteroatoms. The summed E-state index contributed by atoms with van der Waals surface area (Å²) >= 11 is 0. The second kappa shape index (κ2) is 6.42. The summed E-state index contributed by atoms with van der Waals surface area (Å²) in [6.45, 7) is -0.264. The summed E-state index contributed by atoms with van der Waals surface area (Å²) in [7, 11) is 0. The van der Waals surface area contributed by atoms with E-state index in [2.05, 4.69) is 0 Å². The van der Waals surface area contributed by atoms with Crippen molar-refractivity contribution < 1.29 is 29.9 Å². The van der Waals surface area contributed by atoms with Gasteiger partial charge in [-0.15, -0.1) is 0 Å². The van der Waals surface area contributed by atoms with Crippen LogP contribution in [0.1, 0.15) is 5.56 Å². The molecule has 1 aliphatic rings. The van der Waals surface area contributed by atoms with Gasteiger partial charge in [-0.05, 0) is 5.56 Å². The maximum Gasteiger partial charge on any atom is 0.187 e. The van der Waals surface area contributed by atoms with Gasteiger partial charge in [-0.25, -0.2) is 0 Å². The average molecular weight is 270 g/mol. The van der Waals surface area contributed by atoms with Crippen molar-refractivity contribution in [2.45, 2.75) is 37.3 Å². The molecular formula is C13H18O6. The molecule has 4 N–H and O–H groups in total.